The number of nitrogens with zero attached hydrogens (tertiary/aromatic N) is 1. The minimum Gasteiger partial charge on any atom is -0.369 e. The summed E-state index contributed by atoms with van der Waals surface area (Å²) >= 11 is 0. The first kappa shape index (κ1) is 11.8. The van der Waals surface area contributed by atoms with E-state index in [9.17, 15) is 4.79 Å². The van der Waals surface area contributed by atoms with Gasteiger partial charge in [0.1, 0.15) is 0 Å². The van der Waals surface area contributed by atoms with Crippen LogP contribution in [-0.2, 0) is 0 Å². The molecule has 1 aliphatic rings. The standard InChI is InChI=1S/C13H19N3O/c1-2-14-13(17)15-11-8-9-16(10-11)12-6-4-3-5-7-12/h3-7,11H,2,8-10H2,1H3,(H2,14,15,17)/t11-/m0/s1. The fourth-order valence-electron chi connectivity index (χ4n) is 2.15. The molecule has 2 amide bonds. The number of hydrogen-bond donors (Lipinski definition) is 2. The number of carbonyl (C=O) groups is 1. The number of rotatable bonds is 3. The third-order valence-corrected chi connectivity index (χ3v) is 2.98. The van der Waals surface area contributed by atoms with Crippen LogP contribution in [0.2, 0.25) is 0 Å². The van der Waals surface area contributed by atoms with E-state index >= 15 is 0 Å². The van der Waals surface area contributed by atoms with Gasteiger partial charge in [0.15, 0.2) is 0 Å². The number of amides is 2. The van der Waals surface area contributed by atoms with Crippen molar-refractivity contribution >= 4 is 11.7 Å². The predicted octanol–water partition coefficient (Wildman–Crippen LogP) is 1.58. The minimum absolute atomic E-state index is 0.0626. The van der Waals surface area contributed by atoms with E-state index in [1.54, 1.807) is 0 Å². The highest BCUT2D eigenvalue weighted by Gasteiger charge is 2.23. The number of nitrogens with one attached hydrogen (secondary N) is 2. The molecule has 2 rings (SSSR count). The summed E-state index contributed by atoms with van der Waals surface area (Å²) in [5.74, 6) is 0. The molecule has 1 heterocycles. The lowest BCUT2D eigenvalue weighted by molar-refractivity contribution is 0.238. The van der Waals surface area contributed by atoms with E-state index in [-0.39, 0.29) is 12.1 Å². The van der Waals surface area contributed by atoms with Crippen LogP contribution in [0.1, 0.15) is 13.3 Å². The van der Waals surface area contributed by atoms with Gasteiger partial charge in [-0.15, -0.1) is 0 Å². The second-order valence-corrected chi connectivity index (χ2v) is 4.27. The molecule has 2 N–H and O–H groups in total. The molecule has 4 nitrogen and oxygen atoms in total. The normalized spacial score (nSPS) is 19.1. The molecule has 92 valence electrons. The van der Waals surface area contributed by atoms with Crippen molar-refractivity contribution < 1.29 is 4.79 Å². The molecule has 0 unspecified atom stereocenters. The van der Waals surface area contributed by atoms with Crippen LogP contribution in [0.4, 0.5) is 10.5 Å². The summed E-state index contributed by atoms with van der Waals surface area (Å²) in [6, 6.07) is 10.5. The van der Waals surface area contributed by atoms with Crippen molar-refractivity contribution in [3.8, 4) is 0 Å². The zero-order valence-electron chi connectivity index (χ0n) is 10.1. The van der Waals surface area contributed by atoms with Crippen LogP contribution >= 0.6 is 0 Å². The van der Waals surface area contributed by atoms with Crippen molar-refractivity contribution in [2.45, 2.75) is 19.4 Å². The molecule has 0 aromatic heterocycles. The van der Waals surface area contributed by atoms with Crippen molar-refractivity contribution in [3.05, 3.63) is 30.3 Å². The molecule has 1 fully saturated rings. The van der Waals surface area contributed by atoms with Crippen molar-refractivity contribution in [1.82, 2.24) is 10.6 Å². The average Bonchev–Trinajstić information content (AvgIpc) is 2.79. The van der Waals surface area contributed by atoms with Crippen LogP contribution in [0.15, 0.2) is 30.3 Å². The summed E-state index contributed by atoms with van der Waals surface area (Å²) in [4.78, 5) is 13.7. The molecular weight excluding hydrogens is 214 g/mol. The third-order valence-electron chi connectivity index (χ3n) is 2.98. The van der Waals surface area contributed by atoms with E-state index in [4.69, 9.17) is 0 Å². The van der Waals surface area contributed by atoms with Crippen molar-refractivity contribution in [3.63, 3.8) is 0 Å². The van der Waals surface area contributed by atoms with Gasteiger partial charge in [-0.05, 0) is 25.5 Å². The second kappa shape index (κ2) is 5.57. The van der Waals surface area contributed by atoms with Crippen LogP contribution in [0.25, 0.3) is 0 Å². The maximum atomic E-state index is 11.4. The molecule has 1 aromatic rings. The lowest BCUT2D eigenvalue weighted by Gasteiger charge is -2.18. The number of carbonyl (C=O) groups excluding carboxylic acids is 1. The minimum atomic E-state index is -0.0626. The first-order valence-corrected chi connectivity index (χ1v) is 6.14. The van der Waals surface area contributed by atoms with Crippen LogP contribution in [0.3, 0.4) is 0 Å². The maximum absolute atomic E-state index is 11.4. The first-order valence-electron chi connectivity index (χ1n) is 6.14. The topological polar surface area (TPSA) is 44.4 Å². The van der Waals surface area contributed by atoms with Gasteiger partial charge in [0, 0.05) is 31.4 Å². The summed E-state index contributed by atoms with van der Waals surface area (Å²) in [5.41, 5.74) is 1.23. The molecule has 0 saturated carbocycles. The number of para-hydroxylation sites is 1. The largest absolute Gasteiger partial charge is 0.369 e. The molecule has 1 saturated heterocycles. The van der Waals surface area contributed by atoms with E-state index in [1.807, 2.05) is 25.1 Å². The Labute approximate surface area is 102 Å². The fourth-order valence-corrected chi connectivity index (χ4v) is 2.15. The SMILES string of the molecule is CCNC(=O)N[C@H]1CCN(c2ccccc2)C1. The van der Waals surface area contributed by atoms with Crippen LogP contribution in [0.5, 0.6) is 0 Å². The monoisotopic (exact) mass is 233 g/mol. The molecule has 17 heavy (non-hydrogen) atoms. The van der Waals surface area contributed by atoms with Crippen LogP contribution < -0.4 is 15.5 Å². The summed E-state index contributed by atoms with van der Waals surface area (Å²) < 4.78 is 0. The summed E-state index contributed by atoms with van der Waals surface area (Å²) in [7, 11) is 0. The molecule has 0 aliphatic carbocycles. The van der Waals surface area contributed by atoms with Gasteiger partial charge in [0.05, 0.1) is 0 Å². The summed E-state index contributed by atoms with van der Waals surface area (Å²) in [6.07, 6.45) is 1.01. The third kappa shape index (κ3) is 3.12. The Bertz CT molecular complexity index is 366. The lowest BCUT2D eigenvalue weighted by Crippen LogP contribution is -2.43. The van der Waals surface area contributed by atoms with Gasteiger partial charge in [-0.1, -0.05) is 18.2 Å². The highest BCUT2D eigenvalue weighted by molar-refractivity contribution is 5.74. The Morgan fingerprint density at radius 3 is 2.88 bits per heavy atom. The van der Waals surface area contributed by atoms with Gasteiger partial charge in [0.25, 0.3) is 0 Å². The van der Waals surface area contributed by atoms with E-state index in [2.05, 4.69) is 27.7 Å². The second-order valence-electron chi connectivity index (χ2n) is 4.27. The summed E-state index contributed by atoms with van der Waals surface area (Å²) in [6.45, 7) is 4.48. The van der Waals surface area contributed by atoms with Gasteiger partial charge in [-0.25, -0.2) is 4.79 Å². The van der Waals surface area contributed by atoms with E-state index in [1.165, 1.54) is 5.69 Å². The smallest absolute Gasteiger partial charge is 0.315 e. The van der Waals surface area contributed by atoms with Gasteiger partial charge in [-0.2, -0.15) is 0 Å². The first-order chi connectivity index (χ1) is 8.29. The van der Waals surface area contributed by atoms with Gasteiger partial charge in [-0.3, -0.25) is 0 Å². The van der Waals surface area contributed by atoms with E-state index in [0.29, 0.717) is 6.54 Å². The van der Waals surface area contributed by atoms with Gasteiger partial charge in [0.2, 0.25) is 0 Å². The molecule has 0 spiro atoms. The molecule has 1 aliphatic heterocycles. The van der Waals surface area contributed by atoms with Gasteiger partial charge >= 0.3 is 6.03 Å². The Balaban J connectivity index is 1.86. The lowest BCUT2D eigenvalue weighted by atomic mass is 10.3. The molecule has 4 heteroatoms. The Hall–Kier alpha value is -1.71. The van der Waals surface area contributed by atoms with Crippen LogP contribution in [-0.4, -0.2) is 31.7 Å². The maximum Gasteiger partial charge on any atom is 0.315 e. The highest BCUT2D eigenvalue weighted by atomic mass is 16.2. The Kier molecular flexibility index (Phi) is 3.85. The Morgan fingerprint density at radius 2 is 2.18 bits per heavy atom. The predicted molar refractivity (Wildman–Crippen MR) is 69.3 cm³/mol. The van der Waals surface area contributed by atoms with Crippen molar-refractivity contribution in [2.75, 3.05) is 24.5 Å². The molecule has 1 aromatic carbocycles. The van der Waals surface area contributed by atoms with E-state index < -0.39 is 0 Å². The van der Waals surface area contributed by atoms with E-state index in [0.717, 1.165) is 19.5 Å². The van der Waals surface area contributed by atoms with Crippen molar-refractivity contribution in [1.29, 1.82) is 0 Å². The molecule has 0 bridgehead atoms. The number of urea groups is 1. The molecule has 0 radical (unpaired) electrons. The van der Waals surface area contributed by atoms with Crippen molar-refractivity contribution in [2.24, 2.45) is 0 Å². The number of hydrogen-bond acceptors (Lipinski definition) is 2. The number of anilines is 1. The molecule has 1 atom stereocenters. The highest BCUT2D eigenvalue weighted by Crippen LogP contribution is 2.19. The zero-order chi connectivity index (χ0) is 12.1. The molecular formula is C13H19N3O. The fraction of sp³-hybridized carbons (Fsp3) is 0.462. The number of benzene rings is 1. The van der Waals surface area contributed by atoms with Gasteiger partial charge < -0.3 is 15.5 Å². The summed E-state index contributed by atoms with van der Waals surface area (Å²) in [5, 5.41) is 5.75. The quantitative estimate of drug-likeness (QED) is 0.832. The average molecular weight is 233 g/mol. The zero-order valence-corrected chi connectivity index (χ0v) is 10.1. The van der Waals surface area contributed by atoms with Crippen LogP contribution in [0, 0.1) is 0 Å². The Morgan fingerprint density at radius 1 is 1.41 bits per heavy atom.